The zero-order valence-electron chi connectivity index (χ0n) is 11.9. The summed E-state index contributed by atoms with van der Waals surface area (Å²) in [5.41, 5.74) is -0.0638. The zero-order chi connectivity index (χ0) is 14.8. The molecule has 6 heteroatoms. The van der Waals surface area contributed by atoms with E-state index in [1.807, 2.05) is 14.1 Å². The first kappa shape index (κ1) is 15.8. The Morgan fingerprint density at radius 3 is 2.50 bits per heavy atom. The SMILES string of the molecule is CN(C)C1(CNS(=O)(=O)c2cccc(Cl)c2)CCCC1. The normalized spacial score (nSPS) is 18.6. The third-order valence-electron chi connectivity index (χ3n) is 4.18. The van der Waals surface area contributed by atoms with Crippen LogP contribution in [0.15, 0.2) is 29.2 Å². The van der Waals surface area contributed by atoms with E-state index in [0.29, 0.717) is 11.6 Å². The standard InChI is InChI=1S/C14H21ClN2O2S/c1-17(2)14(8-3-4-9-14)11-16-20(18,19)13-7-5-6-12(15)10-13/h5-7,10,16H,3-4,8-9,11H2,1-2H3. The molecule has 0 heterocycles. The van der Waals surface area contributed by atoms with Crippen molar-refractivity contribution in [2.24, 2.45) is 0 Å². The summed E-state index contributed by atoms with van der Waals surface area (Å²) in [6, 6.07) is 6.35. The lowest BCUT2D eigenvalue weighted by atomic mass is 9.97. The predicted molar refractivity (Wildman–Crippen MR) is 81.5 cm³/mol. The molecule has 0 aliphatic heterocycles. The van der Waals surface area contributed by atoms with Crippen LogP contribution in [0, 0.1) is 0 Å². The van der Waals surface area contributed by atoms with Gasteiger partial charge in [0.1, 0.15) is 0 Å². The fourth-order valence-electron chi connectivity index (χ4n) is 2.76. The van der Waals surface area contributed by atoms with Crippen LogP contribution in [0.5, 0.6) is 0 Å². The molecule has 112 valence electrons. The maximum atomic E-state index is 12.3. The second-order valence-corrected chi connectivity index (χ2v) is 7.81. The molecular formula is C14H21ClN2O2S. The monoisotopic (exact) mass is 316 g/mol. The lowest BCUT2D eigenvalue weighted by molar-refractivity contribution is 0.162. The van der Waals surface area contributed by atoms with Crippen molar-refractivity contribution in [1.29, 1.82) is 0 Å². The predicted octanol–water partition coefficient (Wildman–Crippen LogP) is 2.49. The quantitative estimate of drug-likeness (QED) is 0.908. The van der Waals surface area contributed by atoms with Crippen molar-refractivity contribution in [3.8, 4) is 0 Å². The second-order valence-electron chi connectivity index (χ2n) is 5.61. The Morgan fingerprint density at radius 2 is 1.95 bits per heavy atom. The summed E-state index contributed by atoms with van der Waals surface area (Å²) in [6.45, 7) is 0.439. The van der Waals surface area contributed by atoms with Crippen LogP contribution in [0.25, 0.3) is 0 Å². The lowest BCUT2D eigenvalue weighted by Crippen LogP contribution is -2.50. The van der Waals surface area contributed by atoms with Gasteiger partial charge < -0.3 is 4.90 Å². The summed E-state index contributed by atoms with van der Waals surface area (Å²) in [4.78, 5) is 2.36. The highest BCUT2D eigenvalue weighted by molar-refractivity contribution is 7.89. The minimum atomic E-state index is -3.50. The average Bonchev–Trinajstić information content (AvgIpc) is 2.87. The molecule has 1 aliphatic rings. The average molecular weight is 317 g/mol. The molecule has 0 bridgehead atoms. The van der Waals surface area contributed by atoms with Gasteiger partial charge in [0.05, 0.1) is 4.90 Å². The van der Waals surface area contributed by atoms with Crippen LogP contribution in [-0.4, -0.2) is 39.5 Å². The van der Waals surface area contributed by atoms with Crippen LogP contribution in [0.2, 0.25) is 5.02 Å². The number of nitrogens with one attached hydrogen (secondary N) is 1. The van der Waals surface area contributed by atoms with Crippen LogP contribution >= 0.6 is 11.6 Å². The van der Waals surface area contributed by atoms with E-state index in [2.05, 4.69) is 9.62 Å². The van der Waals surface area contributed by atoms with Gasteiger partial charge in [0.15, 0.2) is 0 Å². The van der Waals surface area contributed by atoms with Gasteiger partial charge in [0.2, 0.25) is 10.0 Å². The molecule has 20 heavy (non-hydrogen) atoms. The first-order chi connectivity index (χ1) is 9.36. The summed E-state index contributed by atoms with van der Waals surface area (Å²) in [6.07, 6.45) is 4.35. The van der Waals surface area contributed by atoms with Gasteiger partial charge in [-0.3, -0.25) is 0 Å². The molecular weight excluding hydrogens is 296 g/mol. The maximum Gasteiger partial charge on any atom is 0.240 e. The van der Waals surface area contributed by atoms with Crippen molar-refractivity contribution in [1.82, 2.24) is 9.62 Å². The summed E-state index contributed by atoms with van der Waals surface area (Å²) < 4.78 is 27.4. The Balaban J connectivity index is 2.13. The van der Waals surface area contributed by atoms with Crippen molar-refractivity contribution >= 4 is 21.6 Å². The number of hydrogen-bond acceptors (Lipinski definition) is 3. The number of likely N-dealkylation sites (N-methyl/N-ethyl adjacent to an activating group) is 1. The molecule has 0 spiro atoms. The fraction of sp³-hybridized carbons (Fsp3) is 0.571. The van der Waals surface area contributed by atoms with E-state index >= 15 is 0 Å². The Kier molecular flexibility index (Phi) is 4.74. The van der Waals surface area contributed by atoms with Gasteiger partial charge in [-0.15, -0.1) is 0 Å². The van der Waals surface area contributed by atoms with E-state index in [1.165, 1.54) is 6.07 Å². The van der Waals surface area contributed by atoms with E-state index in [0.717, 1.165) is 25.7 Å². The van der Waals surface area contributed by atoms with Crippen LogP contribution < -0.4 is 4.72 Å². The van der Waals surface area contributed by atoms with Gasteiger partial charge in [-0.2, -0.15) is 0 Å². The fourth-order valence-corrected chi connectivity index (χ4v) is 4.18. The van der Waals surface area contributed by atoms with E-state index < -0.39 is 10.0 Å². The first-order valence-corrected chi connectivity index (χ1v) is 8.65. The summed E-state index contributed by atoms with van der Waals surface area (Å²) in [7, 11) is 0.523. The number of hydrogen-bond donors (Lipinski definition) is 1. The largest absolute Gasteiger partial charge is 0.302 e. The van der Waals surface area contributed by atoms with Crippen LogP contribution in [-0.2, 0) is 10.0 Å². The minimum absolute atomic E-state index is 0.0638. The van der Waals surface area contributed by atoms with E-state index in [4.69, 9.17) is 11.6 Å². The Labute approximate surface area is 126 Å². The zero-order valence-corrected chi connectivity index (χ0v) is 13.5. The third-order valence-corrected chi connectivity index (χ3v) is 5.81. The second kappa shape index (κ2) is 6.02. The van der Waals surface area contributed by atoms with Gasteiger partial charge in [-0.1, -0.05) is 30.5 Å². The number of benzene rings is 1. The van der Waals surface area contributed by atoms with Crippen molar-refractivity contribution < 1.29 is 8.42 Å². The molecule has 1 fully saturated rings. The molecule has 1 saturated carbocycles. The Morgan fingerprint density at radius 1 is 1.30 bits per heavy atom. The molecule has 4 nitrogen and oxygen atoms in total. The number of sulfonamides is 1. The molecule has 1 aliphatic carbocycles. The van der Waals surface area contributed by atoms with Gasteiger partial charge >= 0.3 is 0 Å². The molecule has 2 rings (SSSR count). The maximum absolute atomic E-state index is 12.3. The third kappa shape index (κ3) is 3.34. The van der Waals surface area contributed by atoms with Crippen LogP contribution in [0.4, 0.5) is 0 Å². The smallest absolute Gasteiger partial charge is 0.240 e. The minimum Gasteiger partial charge on any atom is -0.302 e. The molecule has 0 amide bonds. The first-order valence-electron chi connectivity index (χ1n) is 6.78. The van der Waals surface area contributed by atoms with E-state index in [9.17, 15) is 8.42 Å². The van der Waals surface area contributed by atoms with Gasteiger partial charge in [0, 0.05) is 17.1 Å². The number of rotatable bonds is 5. The summed E-state index contributed by atoms with van der Waals surface area (Å²) in [5.74, 6) is 0. The topological polar surface area (TPSA) is 49.4 Å². The molecule has 0 radical (unpaired) electrons. The molecule has 1 N–H and O–H groups in total. The van der Waals surface area contributed by atoms with Crippen LogP contribution in [0.3, 0.4) is 0 Å². The van der Waals surface area contributed by atoms with Gasteiger partial charge in [0.25, 0.3) is 0 Å². The van der Waals surface area contributed by atoms with Crippen molar-refractivity contribution in [3.05, 3.63) is 29.3 Å². The number of nitrogens with zero attached hydrogens (tertiary/aromatic N) is 1. The highest BCUT2D eigenvalue weighted by atomic mass is 35.5. The van der Waals surface area contributed by atoms with Crippen molar-refractivity contribution in [3.63, 3.8) is 0 Å². The molecule has 0 atom stereocenters. The van der Waals surface area contributed by atoms with E-state index in [1.54, 1.807) is 18.2 Å². The van der Waals surface area contributed by atoms with E-state index in [-0.39, 0.29) is 10.4 Å². The lowest BCUT2D eigenvalue weighted by Gasteiger charge is -2.36. The van der Waals surface area contributed by atoms with Crippen LogP contribution in [0.1, 0.15) is 25.7 Å². The summed E-state index contributed by atoms with van der Waals surface area (Å²) in [5, 5.41) is 0.427. The number of halogens is 1. The Bertz CT molecular complexity index is 566. The highest BCUT2D eigenvalue weighted by Gasteiger charge is 2.36. The molecule has 0 aromatic heterocycles. The van der Waals surface area contributed by atoms with Crippen molar-refractivity contribution in [2.45, 2.75) is 36.1 Å². The molecule has 1 aromatic rings. The summed E-state index contributed by atoms with van der Waals surface area (Å²) >= 11 is 5.86. The molecule has 0 unspecified atom stereocenters. The Hall–Kier alpha value is -0.620. The van der Waals surface area contributed by atoms with Gasteiger partial charge in [-0.25, -0.2) is 13.1 Å². The van der Waals surface area contributed by atoms with Gasteiger partial charge in [-0.05, 0) is 45.1 Å². The van der Waals surface area contributed by atoms with Crippen molar-refractivity contribution in [2.75, 3.05) is 20.6 Å². The highest BCUT2D eigenvalue weighted by Crippen LogP contribution is 2.33. The molecule has 0 saturated heterocycles. The molecule has 1 aromatic carbocycles.